The molecule has 1 atom stereocenters. The van der Waals surface area contributed by atoms with Crippen molar-refractivity contribution in [3.05, 3.63) is 63.8 Å². The van der Waals surface area contributed by atoms with Crippen LogP contribution in [0.25, 0.3) is 16.6 Å². The van der Waals surface area contributed by atoms with Gasteiger partial charge in [-0.3, -0.25) is 4.79 Å². The zero-order valence-electron chi connectivity index (χ0n) is 15.3. The molecule has 3 aromatic heterocycles. The number of hydrogen-bond acceptors (Lipinski definition) is 4. The maximum Gasteiger partial charge on any atom is 0.347 e. The lowest BCUT2D eigenvalue weighted by Crippen LogP contribution is -2.31. The van der Waals surface area contributed by atoms with Crippen molar-refractivity contribution in [1.82, 2.24) is 24.9 Å². The molecule has 4 aromatic rings. The Bertz CT molecular complexity index is 1270. The van der Waals surface area contributed by atoms with Crippen LogP contribution in [0.3, 0.4) is 0 Å². The molecule has 0 fully saturated rings. The normalized spacial score (nSPS) is 16.2. The average Bonchev–Trinajstić information content (AvgIpc) is 3.28. The number of H-pyrrole nitrogens is 2. The van der Waals surface area contributed by atoms with E-state index in [0.717, 1.165) is 41.6 Å². The molecular formula is C20H19N5O3. The summed E-state index contributed by atoms with van der Waals surface area (Å²) in [5.41, 5.74) is 3.84. The number of carbonyl (C=O) groups excluding carboxylic acids is 1. The average molecular weight is 377 g/mol. The second-order valence-corrected chi connectivity index (χ2v) is 7.02. The highest BCUT2D eigenvalue weighted by atomic mass is 16.5. The minimum Gasteiger partial charge on any atom is -0.497 e. The number of methoxy groups -OCH3 is 1. The summed E-state index contributed by atoms with van der Waals surface area (Å²) < 4.78 is 6.68. The van der Waals surface area contributed by atoms with Crippen molar-refractivity contribution >= 4 is 22.5 Å². The Morgan fingerprint density at radius 1 is 1.32 bits per heavy atom. The number of aromatic amines is 2. The molecule has 0 saturated carbocycles. The van der Waals surface area contributed by atoms with E-state index in [0.29, 0.717) is 11.2 Å². The van der Waals surface area contributed by atoms with Crippen molar-refractivity contribution in [2.45, 2.75) is 25.3 Å². The van der Waals surface area contributed by atoms with Crippen LogP contribution in [-0.4, -0.2) is 32.6 Å². The first kappa shape index (κ1) is 16.6. The number of aryl methyl sites for hydroxylation is 1. The van der Waals surface area contributed by atoms with Gasteiger partial charge in [0.1, 0.15) is 5.75 Å². The summed E-state index contributed by atoms with van der Waals surface area (Å²) >= 11 is 0. The number of benzene rings is 1. The van der Waals surface area contributed by atoms with E-state index in [2.05, 4.69) is 20.5 Å². The molecule has 3 heterocycles. The summed E-state index contributed by atoms with van der Waals surface area (Å²) in [6.45, 7) is 0. The van der Waals surface area contributed by atoms with Gasteiger partial charge in [-0.2, -0.15) is 5.10 Å². The number of nitrogens with zero attached hydrogens (tertiary/aromatic N) is 2. The Hall–Kier alpha value is -3.55. The van der Waals surface area contributed by atoms with Gasteiger partial charge in [-0.05, 0) is 55.2 Å². The van der Waals surface area contributed by atoms with Crippen molar-refractivity contribution in [1.29, 1.82) is 0 Å². The lowest BCUT2D eigenvalue weighted by Gasteiger charge is -2.24. The van der Waals surface area contributed by atoms with Crippen LogP contribution in [0.15, 0.2) is 41.3 Å². The highest BCUT2D eigenvalue weighted by Crippen LogP contribution is 2.36. The number of amides is 1. The topological polar surface area (TPSA) is 104 Å². The van der Waals surface area contributed by atoms with Gasteiger partial charge >= 0.3 is 5.69 Å². The van der Waals surface area contributed by atoms with Crippen LogP contribution >= 0.6 is 0 Å². The summed E-state index contributed by atoms with van der Waals surface area (Å²) in [5.74, 6) is 0.600. The first-order valence-electron chi connectivity index (χ1n) is 9.20. The van der Waals surface area contributed by atoms with Crippen LogP contribution in [-0.2, 0) is 6.42 Å². The SMILES string of the molecule is COc1ccc2[nH]c3c(c2c1)CCCC3NC(=O)c1ccc2n[nH]c(=O)n2c1. The van der Waals surface area contributed by atoms with E-state index >= 15 is 0 Å². The molecule has 0 saturated heterocycles. The molecule has 8 heteroatoms. The molecule has 5 rings (SSSR count). The largest absolute Gasteiger partial charge is 0.497 e. The lowest BCUT2D eigenvalue weighted by molar-refractivity contribution is 0.0931. The van der Waals surface area contributed by atoms with E-state index in [1.165, 1.54) is 16.2 Å². The molecule has 8 nitrogen and oxygen atoms in total. The lowest BCUT2D eigenvalue weighted by atomic mass is 9.91. The van der Waals surface area contributed by atoms with Crippen molar-refractivity contribution < 1.29 is 9.53 Å². The van der Waals surface area contributed by atoms with E-state index in [9.17, 15) is 9.59 Å². The summed E-state index contributed by atoms with van der Waals surface area (Å²) in [6, 6.07) is 9.18. The molecule has 0 radical (unpaired) electrons. The van der Waals surface area contributed by atoms with E-state index < -0.39 is 0 Å². The smallest absolute Gasteiger partial charge is 0.347 e. The van der Waals surface area contributed by atoms with E-state index in [-0.39, 0.29) is 17.6 Å². The number of carbonyl (C=O) groups is 1. The van der Waals surface area contributed by atoms with Gasteiger partial charge in [0.25, 0.3) is 5.91 Å². The van der Waals surface area contributed by atoms with Gasteiger partial charge in [0, 0.05) is 22.8 Å². The van der Waals surface area contributed by atoms with E-state index in [1.807, 2.05) is 18.2 Å². The first-order valence-corrected chi connectivity index (χ1v) is 9.20. The molecule has 1 unspecified atom stereocenters. The number of hydrogen-bond donors (Lipinski definition) is 3. The van der Waals surface area contributed by atoms with E-state index in [1.54, 1.807) is 19.2 Å². The van der Waals surface area contributed by atoms with Gasteiger partial charge in [-0.25, -0.2) is 14.3 Å². The standard InChI is InChI=1S/C20H19N5O3/c1-28-12-6-7-15-14(9-12)13-3-2-4-16(18(13)21-15)22-19(26)11-5-8-17-23-24-20(27)25(17)10-11/h5-10,16,21H,2-4H2,1H3,(H,22,26)(H,24,27). The van der Waals surface area contributed by atoms with Crippen LogP contribution in [0, 0.1) is 0 Å². The van der Waals surface area contributed by atoms with Crippen LogP contribution in [0.1, 0.15) is 40.5 Å². The number of ether oxygens (including phenoxy) is 1. The fraction of sp³-hybridized carbons (Fsp3) is 0.250. The predicted molar refractivity (Wildman–Crippen MR) is 104 cm³/mol. The highest BCUT2D eigenvalue weighted by Gasteiger charge is 2.26. The minimum absolute atomic E-state index is 0.105. The summed E-state index contributed by atoms with van der Waals surface area (Å²) in [7, 11) is 1.66. The number of fused-ring (bicyclic) bond motifs is 4. The molecular weight excluding hydrogens is 358 g/mol. The number of rotatable bonds is 3. The number of pyridine rings is 1. The zero-order valence-corrected chi connectivity index (χ0v) is 15.3. The van der Waals surface area contributed by atoms with Crippen molar-refractivity contribution in [2.24, 2.45) is 0 Å². The summed E-state index contributed by atoms with van der Waals surface area (Å²) in [6.07, 6.45) is 4.32. The first-order chi connectivity index (χ1) is 13.6. The van der Waals surface area contributed by atoms with Gasteiger partial charge in [0.2, 0.25) is 0 Å². The third-order valence-corrected chi connectivity index (χ3v) is 5.39. The Morgan fingerprint density at radius 2 is 2.21 bits per heavy atom. The zero-order chi connectivity index (χ0) is 19.3. The number of nitrogens with one attached hydrogen (secondary N) is 3. The molecule has 1 aromatic carbocycles. The van der Waals surface area contributed by atoms with E-state index in [4.69, 9.17) is 4.74 Å². The second-order valence-electron chi connectivity index (χ2n) is 7.02. The monoisotopic (exact) mass is 377 g/mol. The molecule has 1 aliphatic carbocycles. The molecule has 0 spiro atoms. The Balaban J connectivity index is 1.48. The fourth-order valence-electron chi connectivity index (χ4n) is 3.99. The van der Waals surface area contributed by atoms with Crippen LogP contribution in [0.4, 0.5) is 0 Å². The Kier molecular flexibility index (Phi) is 3.71. The maximum atomic E-state index is 12.8. The molecule has 0 aliphatic heterocycles. The van der Waals surface area contributed by atoms with Gasteiger partial charge in [-0.15, -0.1) is 0 Å². The quantitative estimate of drug-likeness (QED) is 0.510. The Labute approximate surface area is 159 Å². The predicted octanol–water partition coefficient (Wildman–Crippen LogP) is 2.32. The fourth-order valence-corrected chi connectivity index (χ4v) is 3.99. The molecule has 3 N–H and O–H groups in total. The highest BCUT2D eigenvalue weighted by molar-refractivity contribution is 5.95. The Morgan fingerprint density at radius 3 is 3.07 bits per heavy atom. The minimum atomic E-state index is -0.367. The van der Waals surface area contributed by atoms with Crippen molar-refractivity contribution in [3.63, 3.8) is 0 Å². The third kappa shape index (κ3) is 2.57. The molecule has 28 heavy (non-hydrogen) atoms. The molecule has 1 amide bonds. The summed E-state index contributed by atoms with van der Waals surface area (Å²) in [4.78, 5) is 28.0. The third-order valence-electron chi connectivity index (χ3n) is 5.39. The molecule has 1 aliphatic rings. The van der Waals surface area contributed by atoms with Crippen LogP contribution in [0.2, 0.25) is 0 Å². The number of aromatic nitrogens is 4. The van der Waals surface area contributed by atoms with Crippen LogP contribution in [0.5, 0.6) is 5.75 Å². The molecule has 0 bridgehead atoms. The van der Waals surface area contributed by atoms with Crippen molar-refractivity contribution in [3.8, 4) is 5.75 Å². The maximum absolute atomic E-state index is 12.8. The molecule has 142 valence electrons. The van der Waals surface area contributed by atoms with Gasteiger partial charge in [-0.1, -0.05) is 0 Å². The van der Waals surface area contributed by atoms with Gasteiger partial charge < -0.3 is 15.0 Å². The van der Waals surface area contributed by atoms with Gasteiger partial charge in [0.05, 0.1) is 18.7 Å². The second kappa shape index (κ2) is 6.26. The van der Waals surface area contributed by atoms with Gasteiger partial charge in [0.15, 0.2) is 5.65 Å². The summed E-state index contributed by atoms with van der Waals surface area (Å²) in [5, 5.41) is 10.5. The van der Waals surface area contributed by atoms with Crippen LogP contribution < -0.4 is 15.7 Å². The van der Waals surface area contributed by atoms with Crippen molar-refractivity contribution in [2.75, 3.05) is 7.11 Å².